The highest BCUT2D eigenvalue weighted by atomic mass is 35.5. The van der Waals surface area contributed by atoms with E-state index in [0.717, 1.165) is 44.5 Å². The summed E-state index contributed by atoms with van der Waals surface area (Å²) in [4.78, 5) is 16.2. The zero-order chi connectivity index (χ0) is 25.0. The van der Waals surface area contributed by atoms with Gasteiger partial charge >= 0.3 is 0 Å². The fourth-order valence-corrected chi connectivity index (χ4v) is 6.17. The number of rotatable bonds is 9. The molecule has 1 amide bonds. The summed E-state index contributed by atoms with van der Waals surface area (Å²) in [5.41, 5.74) is 3.22. The van der Waals surface area contributed by atoms with Crippen molar-refractivity contribution in [1.82, 2.24) is 10.2 Å². The molecule has 1 saturated carbocycles. The number of hydrogen-bond donors (Lipinski definition) is 1. The maximum Gasteiger partial charge on any atom is 0.231 e. The average molecular weight is 522 g/mol. The number of benzene rings is 3. The second-order valence-corrected chi connectivity index (χ2v) is 11.1. The van der Waals surface area contributed by atoms with Gasteiger partial charge in [0.15, 0.2) is 0 Å². The van der Waals surface area contributed by atoms with Gasteiger partial charge in [0.1, 0.15) is 0 Å². The number of nitrogens with one attached hydrogen (secondary N) is 1. The first-order valence-electron chi connectivity index (χ1n) is 13.1. The number of amides is 1. The van der Waals surface area contributed by atoms with E-state index in [4.69, 9.17) is 23.2 Å². The Bertz CT molecular complexity index is 1160. The number of carbonyl (C=O) groups excluding carboxylic acids is 1. The van der Waals surface area contributed by atoms with Crippen LogP contribution in [0.15, 0.2) is 78.9 Å². The number of likely N-dealkylation sites (tertiary alicyclic amines) is 1. The SMILES string of the molecule is O=C(NCCCc1ccccc1)C1(c2ccc(Cl)c(Cl)c2)CC1CN1CCC(c2ccccc2)CC1. The molecule has 0 spiro atoms. The van der Waals surface area contributed by atoms with Crippen molar-refractivity contribution in [3.8, 4) is 0 Å². The van der Waals surface area contributed by atoms with Crippen molar-refractivity contribution in [2.24, 2.45) is 5.92 Å². The largest absolute Gasteiger partial charge is 0.355 e. The maximum atomic E-state index is 13.6. The Balaban J connectivity index is 1.21. The van der Waals surface area contributed by atoms with Crippen LogP contribution in [0, 0.1) is 5.92 Å². The molecule has 1 aliphatic heterocycles. The van der Waals surface area contributed by atoms with Crippen LogP contribution in [0.25, 0.3) is 0 Å². The van der Waals surface area contributed by atoms with E-state index in [-0.39, 0.29) is 11.8 Å². The Morgan fingerprint density at radius 2 is 1.61 bits per heavy atom. The molecule has 188 valence electrons. The zero-order valence-corrected chi connectivity index (χ0v) is 22.1. The summed E-state index contributed by atoms with van der Waals surface area (Å²) in [6, 6.07) is 27.0. The Hall–Kier alpha value is -2.33. The van der Waals surface area contributed by atoms with Gasteiger partial charge in [0, 0.05) is 13.1 Å². The predicted molar refractivity (Wildman–Crippen MR) is 149 cm³/mol. The Kier molecular flexibility index (Phi) is 8.00. The number of halogens is 2. The van der Waals surface area contributed by atoms with E-state index in [0.29, 0.717) is 22.5 Å². The van der Waals surface area contributed by atoms with E-state index in [1.165, 1.54) is 24.0 Å². The molecule has 1 N–H and O–H groups in total. The van der Waals surface area contributed by atoms with Gasteiger partial charge in [0.05, 0.1) is 15.5 Å². The molecule has 2 aliphatic rings. The minimum atomic E-state index is -0.517. The molecule has 3 nitrogen and oxygen atoms in total. The molecule has 0 bridgehead atoms. The van der Waals surface area contributed by atoms with Crippen molar-refractivity contribution in [3.05, 3.63) is 106 Å². The third-order valence-corrected chi connectivity index (χ3v) is 8.79. The van der Waals surface area contributed by atoms with Crippen molar-refractivity contribution in [3.63, 3.8) is 0 Å². The van der Waals surface area contributed by atoms with Crippen LogP contribution >= 0.6 is 23.2 Å². The number of carbonyl (C=O) groups is 1. The first-order valence-corrected chi connectivity index (χ1v) is 13.9. The Morgan fingerprint density at radius 1 is 0.917 bits per heavy atom. The minimum Gasteiger partial charge on any atom is -0.355 e. The van der Waals surface area contributed by atoms with Crippen LogP contribution in [0.1, 0.15) is 48.3 Å². The highest BCUT2D eigenvalue weighted by Gasteiger charge is 2.61. The van der Waals surface area contributed by atoms with Gasteiger partial charge in [0.25, 0.3) is 0 Å². The highest BCUT2D eigenvalue weighted by molar-refractivity contribution is 6.42. The fourth-order valence-electron chi connectivity index (χ4n) is 5.87. The Morgan fingerprint density at radius 3 is 2.31 bits per heavy atom. The topological polar surface area (TPSA) is 32.3 Å². The molecule has 2 fully saturated rings. The summed E-state index contributed by atoms with van der Waals surface area (Å²) in [6.45, 7) is 3.77. The van der Waals surface area contributed by atoms with Gasteiger partial charge in [-0.05, 0) is 85.9 Å². The molecule has 3 aromatic rings. The van der Waals surface area contributed by atoms with Crippen LogP contribution in [-0.4, -0.2) is 37.0 Å². The lowest BCUT2D eigenvalue weighted by molar-refractivity contribution is -0.124. The first-order chi connectivity index (χ1) is 17.6. The van der Waals surface area contributed by atoms with E-state index in [1.54, 1.807) is 0 Å². The molecule has 0 radical (unpaired) electrons. The second-order valence-electron chi connectivity index (χ2n) is 10.3. The summed E-state index contributed by atoms with van der Waals surface area (Å²) in [5, 5.41) is 4.29. The van der Waals surface area contributed by atoms with Crippen LogP contribution in [0.4, 0.5) is 0 Å². The van der Waals surface area contributed by atoms with Crippen molar-refractivity contribution in [2.45, 2.75) is 43.4 Å². The molecule has 36 heavy (non-hydrogen) atoms. The highest BCUT2D eigenvalue weighted by Crippen LogP contribution is 2.55. The molecule has 2 unspecified atom stereocenters. The first kappa shape index (κ1) is 25.3. The van der Waals surface area contributed by atoms with E-state index < -0.39 is 5.41 Å². The van der Waals surface area contributed by atoms with Gasteiger partial charge in [-0.2, -0.15) is 0 Å². The van der Waals surface area contributed by atoms with E-state index in [9.17, 15) is 4.79 Å². The summed E-state index contributed by atoms with van der Waals surface area (Å²) < 4.78 is 0. The zero-order valence-electron chi connectivity index (χ0n) is 20.6. The summed E-state index contributed by atoms with van der Waals surface area (Å²) in [6.07, 6.45) is 5.07. The lowest BCUT2D eigenvalue weighted by Crippen LogP contribution is -2.40. The molecule has 3 aromatic carbocycles. The third-order valence-electron chi connectivity index (χ3n) is 8.05. The molecule has 2 atom stereocenters. The van der Waals surface area contributed by atoms with E-state index in [2.05, 4.69) is 64.8 Å². The summed E-state index contributed by atoms with van der Waals surface area (Å²) >= 11 is 12.6. The third kappa shape index (κ3) is 5.64. The number of nitrogens with zero attached hydrogens (tertiary/aromatic N) is 1. The quantitative estimate of drug-likeness (QED) is 0.312. The lowest BCUT2D eigenvalue weighted by Gasteiger charge is -2.33. The number of piperidine rings is 1. The molecule has 1 aliphatic carbocycles. The molecular weight excluding hydrogens is 487 g/mol. The van der Waals surface area contributed by atoms with Crippen molar-refractivity contribution in [2.75, 3.05) is 26.2 Å². The van der Waals surface area contributed by atoms with Crippen molar-refractivity contribution < 1.29 is 4.79 Å². The monoisotopic (exact) mass is 520 g/mol. The molecule has 0 aromatic heterocycles. The number of hydrogen-bond acceptors (Lipinski definition) is 2. The van der Waals surface area contributed by atoms with Gasteiger partial charge in [-0.15, -0.1) is 0 Å². The molecule has 5 heteroatoms. The van der Waals surface area contributed by atoms with Gasteiger partial charge in [0.2, 0.25) is 5.91 Å². The molecule has 1 saturated heterocycles. The van der Waals surface area contributed by atoms with Gasteiger partial charge in [-0.1, -0.05) is 89.9 Å². The van der Waals surface area contributed by atoms with Crippen LogP contribution in [0.5, 0.6) is 0 Å². The van der Waals surface area contributed by atoms with Crippen LogP contribution in [0.2, 0.25) is 10.0 Å². The second kappa shape index (κ2) is 11.4. The van der Waals surface area contributed by atoms with Crippen LogP contribution in [0.3, 0.4) is 0 Å². The maximum absolute atomic E-state index is 13.6. The standard InChI is InChI=1S/C31H34Cl2N2O/c32-28-14-13-26(20-29(28)33)31(30(36)34-17-7-10-23-8-3-1-4-9-23)21-27(31)22-35-18-15-25(16-19-35)24-11-5-2-6-12-24/h1-6,8-9,11-14,20,25,27H,7,10,15-19,21-22H2,(H,34,36). The predicted octanol–water partition coefficient (Wildman–Crippen LogP) is 6.88. The Labute approximate surface area is 224 Å². The molecule has 1 heterocycles. The van der Waals surface area contributed by atoms with Gasteiger partial charge in [-0.25, -0.2) is 0 Å². The van der Waals surface area contributed by atoms with Crippen LogP contribution in [-0.2, 0) is 16.6 Å². The van der Waals surface area contributed by atoms with E-state index in [1.807, 2.05) is 24.3 Å². The smallest absolute Gasteiger partial charge is 0.231 e. The lowest BCUT2D eigenvalue weighted by atomic mass is 9.88. The summed E-state index contributed by atoms with van der Waals surface area (Å²) in [7, 11) is 0. The van der Waals surface area contributed by atoms with Crippen LogP contribution < -0.4 is 5.32 Å². The van der Waals surface area contributed by atoms with Crippen molar-refractivity contribution in [1.29, 1.82) is 0 Å². The fraction of sp³-hybridized carbons (Fsp3) is 0.387. The van der Waals surface area contributed by atoms with Crippen molar-refractivity contribution >= 4 is 29.1 Å². The summed E-state index contributed by atoms with van der Waals surface area (Å²) in [5.74, 6) is 1.05. The molecule has 5 rings (SSSR count). The van der Waals surface area contributed by atoms with Gasteiger partial charge < -0.3 is 10.2 Å². The average Bonchev–Trinajstić information content (AvgIpc) is 3.64. The number of aryl methyl sites for hydroxylation is 1. The van der Waals surface area contributed by atoms with Gasteiger partial charge in [-0.3, -0.25) is 4.79 Å². The van der Waals surface area contributed by atoms with E-state index >= 15 is 0 Å². The normalized spacial score (nSPS) is 22.3. The minimum absolute atomic E-state index is 0.123. The molecular formula is C31H34Cl2N2O.